The van der Waals surface area contributed by atoms with Crippen LogP contribution in [0.5, 0.6) is 5.75 Å². The Hall–Kier alpha value is -2.86. The van der Waals surface area contributed by atoms with Crippen molar-refractivity contribution in [3.8, 4) is 5.75 Å². The van der Waals surface area contributed by atoms with Crippen LogP contribution >= 0.6 is 0 Å². The van der Waals surface area contributed by atoms with E-state index in [1.54, 1.807) is 7.11 Å². The van der Waals surface area contributed by atoms with E-state index in [0.717, 1.165) is 64.3 Å². The molecule has 2 aromatic rings. The van der Waals surface area contributed by atoms with E-state index in [1.807, 2.05) is 47.4 Å². The van der Waals surface area contributed by atoms with E-state index in [9.17, 15) is 9.59 Å². The van der Waals surface area contributed by atoms with Crippen LogP contribution in [0.3, 0.4) is 0 Å². The molecule has 37 heavy (non-hydrogen) atoms. The summed E-state index contributed by atoms with van der Waals surface area (Å²) in [5.74, 6) is 0.964. The number of hydrogen-bond donors (Lipinski definition) is 0. The van der Waals surface area contributed by atoms with Gasteiger partial charge in [0.1, 0.15) is 12.4 Å². The third-order valence-electron chi connectivity index (χ3n) is 7.72. The summed E-state index contributed by atoms with van der Waals surface area (Å²) < 4.78 is 11.7. The Kier molecular flexibility index (Phi) is 10.4. The molecule has 1 saturated carbocycles. The number of methoxy groups -OCH3 is 1. The van der Waals surface area contributed by atoms with Gasteiger partial charge in [-0.15, -0.1) is 0 Å². The van der Waals surface area contributed by atoms with Crippen molar-refractivity contribution in [2.24, 2.45) is 5.92 Å². The van der Waals surface area contributed by atoms with Gasteiger partial charge < -0.3 is 19.3 Å². The summed E-state index contributed by atoms with van der Waals surface area (Å²) in [5, 5.41) is 0. The SMILES string of the molecule is COCCN1CCCCCCN(C(=O)C2CCCC2)[C@@H](Cc2ccccc2)COc2ccccc2C1=O. The quantitative estimate of drug-likeness (QED) is 0.529. The lowest BCUT2D eigenvalue weighted by atomic mass is 10.00. The highest BCUT2D eigenvalue weighted by Gasteiger charge is 2.32. The number of carbonyl (C=O) groups is 2. The molecule has 1 heterocycles. The van der Waals surface area contributed by atoms with Gasteiger partial charge in [0.15, 0.2) is 0 Å². The summed E-state index contributed by atoms with van der Waals surface area (Å²) in [5.41, 5.74) is 1.76. The molecule has 4 rings (SSSR count). The third-order valence-corrected chi connectivity index (χ3v) is 7.72. The zero-order chi connectivity index (χ0) is 25.9. The van der Waals surface area contributed by atoms with Crippen molar-refractivity contribution in [3.63, 3.8) is 0 Å². The van der Waals surface area contributed by atoms with Gasteiger partial charge >= 0.3 is 0 Å². The number of amides is 2. The molecule has 2 aromatic carbocycles. The molecular formula is C31H42N2O4. The van der Waals surface area contributed by atoms with Gasteiger partial charge in [-0.05, 0) is 49.8 Å². The predicted molar refractivity (Wildman–Crippen MR) is 146 cm³/mol. The van der Waals surface area contributed by atoms with Gasteiger partial charge in [-0.1, -0.05) is 68.1 Å². The van der Waals surface area contributed by atoms with E-state index in [-0.39, 0.29) is 23.8 Å². The van der Waals surface area contributed by atoms with E-state index in [1.165, 1.54) is 5.56 Å². The smallest absolute Gasteiger partial charge is 0.257 e. The third kappa shape index (κ3) is 7.57. The second kappa shape index (κ2) is 14.2. The molecule has 2 aliphatic rings. The molecule has 0 spiro atoms. The van der Waals surface area contributed by atoms with Crippen molar-refractivity contribution in [2.75, 3.05) is 40.0 Å². The zero-order valence-corrected chi connectivity index (χ0v) is 22.3. The molecule has 1 fully saturated rings. The second-order valence-electron chi connectivity index (χ2n) is 10.4. The van der Waals surface area contributed by atoms with Crippen LogP contribution in [0, 0.1) is 5.92 Å². The molecule has 200 valence electrons. The fourth-order valence-electron chi connectivity index (χ4n) is 5.61. The van der Waals surface area contributed by atoms with Crippen LogP contribution in [0.1, 0.15) is 67.3 Å². The van der Waals surface area contributed by atoms with Crippen molar-refractivity contribution in [1.82, 2.24) is 9.80 Å². The lowest BCUT2D eigenvalue weighted by Crippen LogP contribution is -2.47. The molecular weight excluding hydrogens is 464 g/mol. The molecule has 1 aliphatic heterocycles. The Morgan fingerprint density at radius 1 is 0.919 bits per heavy atom. The minimum atomic E-state index is -0.0915. The summed E-state index contributed by atoms with van der Waals surface area (Å²) in [6, 6.07) is 17.8. The van der Waals surface area contributed by atoms with Gasteiger partial charge in [-0.25, -0.2) is 0 Å². The minimum Gasteiger partial charge on any atom is -0.491 e. The fraction of sp³-hybridized carbons (Fsp3) is 0.548. The zero-order valence-electron chi connectivity index (χ0n) is 22.3. The number of para-hydroxylation sites is 1. The Balaban J connectivity index is 1.62. The monoisotopic (exact) mass is 506 g/mol. The molecule has 6 heteroatoms. The highest BCUT2D eigenvalue weighted by molar-refractivity contribution is 5.97. The largest absolute Gasteiger partial charge is 0.491 e. The lowest BCUT2D eigenvalue weighted by molar-refractivity contribution is -0.138. The van der Waals surface area contributed by atoms with Gasteiger partial charge in [-0.2, -0.15) is 0 Å². The molecule has 0 bridgehead atoms. The summed E-state index contributed by atoms with van der Waals surface area (Å²) in [4.78, 5) is 31.3. The van der Waals surface area contributed by atoms with E-state index < -0.39 is 0 Å². The molecule has 0 N–H and O–H groups in total. The molecule has 0 radical (unpaired) electrons. The van der Waals surface area contributed by atoms with E-state index in [0.29, 0.717) is 37.6 Å². The summed E-state index contributed by atoms with van der Waals surface area (Å²) in [6.07, 6.45) is 8.95. The van der Waals surface area contributed by atoms with Crippen LogP contribution < -0.4 is 4.74 Å². The predicted octanol–water partition coefficient (Wildman–Crippen LogP) is 5.36. The molecule has 0 saturated heterocycles. The maximum atomic E-state index is 13.8. The topological polar surface area (TPSA) is 59.1 Å². The summed E-state index contributed by atoms with van der Waals surface area (Å²) >= 11 is 0. The van der Waals surface area contributed by atoms with Crippen LogP contribution in [0.25, 0.3) is 0 Å². The number of ether oxygens (including phenoxy) is 2. The van der Waals surface area contributed by atoms with Crippen molar-refractivity contribution >= 4 is 11.8 Å². The van der Waals surface area contributed by atoms with Gasteiger partial charge in [-0.3, -0.25) is 9.59 Å². The fourth-order valence-corrected chi connectivity index (χ4v) is 5.61. The normalized spacial score (nSPS) is 20.2. The maximum absolute atomic E-state index is 13.8. The van der Waals surface area contributed by atoms with Crippen molar-refractivity contribution in [3.05, 3.63) is 65.7 Å². The summed E-state index contributed by atoms with van der Waals surface area (Å²) in [6.45, 7) is 2.87. The van der Waals surface area contributed by atoms with Gasteiger partial charge in [0.05, 0.1) is 18.2 Å². The molecule has 1 aliphatic carbocycles. The van der Waals surface area contributed by atoms with Crippen molar-refractivity contribution in [1.29, 1.82) is 0 Å². The first-order valence-electron chi connectivity index (χ1n) is 14.0. The van der Waals surface area contributed by atoms with E-state index >= 15 is 0 Å². The highest BCUT2D eigenvalue weighted by atomic mass is 16.5. The van der Waals surface area contributed by atoms with Crippen molar-refractivity contribution < 1.29 is 19.1 Å². The number of carbonyl (C=O) groups excluding carboxylic acids is 2. The van der Waals surface area contributed by atoms with Crippen LogP contribution in [-0.2, 0) is 16.0 Å². The molecule has 2 amide bonds. The number of fused-ring (bicyclic) bond motifs is 1. The highest BCUT2D eigenvalue weighted by Crippen LogP contribution is 2.29. The molecule has 6 nitrogen and oxygen atoms in total. The van der Waals surface area contributed by atoms with Crippen LogP contribution in [0.4, 0.5) is 0 Å². The number of nitrogens with zero attached hydrogens (tertiary/aromatic N) is 2. The first kappa shape index (κ1) is 27.2. The standard InChI is InChI=1S/C31H42N2O4/c1-36-22-21-32-19-11-2-3-12-20-33(30(34)26-15-7-8-16-26)27(23-25-13-5-4-6-14-25)24-37-29-18-10-9-17-28(29)31(32)35/h4-6,9-10,13-14,17-18,26-27H,2-3,7-8,11-12,15-16,19-24H2,1H3/t27-/m0/s1. The van der Waals surface area contributed by atoms with Crippen LogP contribution in [0.15, 0.2) is 54.6 Å². The van der Waals surface area contributed by atoms with Crippen molar-refractivity contribution in [2.45, 2.75) is 63.8 Å². The van der Waals surface area contributed by atoms with Gasteiger partial charge in [0.25, 0.3) is 5.91 Å². The van der Waals surface area contributed by atoms with Crippen LogP contribution in [-0.4, -0.2) is 67.6 Å². The number of benzene rings is 2. The number of rotatable bonds is 6. The average molecular weight is 507 g/mol. The first-order valence-corrected chi connectivity index (χ1v) is 14.0. The maximum Gasteiger partial charge on any atom is 0.257 e. The minimum absolute atomic E-state index is 0.0248. The Morgan fingerprint density at radius 3 is 2.38 bits per heavy atom. The van der Waals surface area contributed by atoms with Crippen LogP contribution in [0.2, 0.25) is 0 Å². The van der Waals surface area contributed by atoms with Gasteiger partial charge in [0, 0.05) is 32.7 Å². The average Bonchev–Trinajstić information content (AvgIpc) is 3.47. The van der Waals surface area contributed by atoms with E-state index in [2.05, 4.69) is 17.0 Å². The lowest BCUT2D eigenvalue weighted by Gasteiger charge is -2.34. The molecule has 1 atom stereocenters. The molecule has 0 aromatic heterocycles. The molecule has 0 unspecified atom stereocenters. The second-order valence-corrected chi connectivity index (χ2v) is 10.4. The first-order chi connectivity index (χ1) is 18.2. The Morgan fingerprint density at radius 2 is 1.62 bits per heavy atom. The Bertz CT molecular complexity index is 990. The van der Waals surface area contributed by atoms with E-state index in [4.69, 9.17) is 9.47 Å². The summed E-state index contributed by atoms with van der Waals surface area (Å²) in [7, 11) is 1.66. The van der Waals surface area contributed by atoms with Gasteiger partial charge in [0.2, 0.25) is 5.91 Å². The number of hydrogen-bond acceptors (Lipinski definition) is 4. The Labute approximate surface area is 221 Å².